The summed E-state index contributed by atoms with van der Waals surface area (Å²) in [6, 6.07) is 4.54. The molecule has 1 aromatic heterocycles. The molecule has 0 bridgehead atoms. The molecule has 3 N–H and O–H groups in total. The molecular weight excluding hydrogens is 144 g/mol. The molecule has 1 aromatic carbocycles. The molecular formula is C7H6N2O2. The van der Waals surface area contributed by atoms with E-state index in [4.69, 9.17) is 5.11 Å². The maximum atomic E-state index is 10.9. The predicted molar refractivity (Wildman–Crippen MR) is 40.6 cm³/mol. The van der Waals surface area contributed by atoms with Crippen LogP contribution in [0.1, 0.15) is 0 Å². The van der Waals surface area contributed by atoms with Gasteiger partial charge in [-0.3, -0.25) is 15.0 Å². The second-order valence-corrected chi connectivity index (χ2v) is 2.31. The molecule has 0 aliphatic carbocycles. The van der Waals surface area contributed by atoms with Crippen LogP contribution in [0.3, 0.4) is 0 Å². The number of fused-ring (bicyclic) bond motifs is 1. The monoisotopic (exact) mass is 150 g/mol. The third-order valence-corrected chi connectivity index (χ3v) is 1.56. The van der Waals surface area contributed by atoms with Gasteiger partial charge in [0.15, 0.2) is 0 Å². The van der Waals surface area contributed by atoms with Crippen LogP contribution in [0.4, 0.5) is 0 Å². The van der Waals surface area contributed by atoms with Crippen LogP contribution in [0.5, 0.6) is 5.75 Å². The van der Waals surface area contributed by atoms with Crippen LogP contribution >= 0.6 is 0 Å². The second-order valence-electron chi connectivity index (χ2n) is 2.31. The van der Waals surface area contributed by atoms with E-state index in [1.165, 1.54) is 12.1 Å². The molecule has 11 heavy (non-hydrogen) atoms. The van der Waals surface area contributed by atoms with Gasteiger partial charge in [-0.05, 0) is 12.1 Å². The minimum atomic E-state index is -0.167. The second kappa shape index (κ2) is 1.88. The Morgan fingerprint density at radius 2 is 2.09 bits per heavy atom. The highest BCUT2D eigenvalue weighted by Crippen LogP contribution is 2.13. The number of nitrogens with one attached hydrogen (secondary N) is 2. The van der Waals surface area contributed by atoms with Crippen molar-refractivity contribution in [1.82, 2.24) is 10.2 Å². The summed E-state index contributed by atoms with van der Waals surface area (Å²) in [5.74, 6) is 0.146. The van der Waals surface area contributed by atoms with Crippen LogP contribution in [0.15, 0.2) is 23.0 Å². The van der Waals surface area contributed by atoms with Gasteiger partial charge in [0.2, 0.25) is 0 Å². The molecule has 0 amide bonds. The van der Waals surface area contributed by atoms with Crippen molar-refractivity contribution in [1.29, 1.82) is 0 Å². The first-order valence-corrected chi connectivity index (χ1v) is 3.17. The molecule has 0 fully saturated rings. The van der Waals surface area contributed by atoms with Gasteiger partial charge in [-0.1, -0.05) is 0 Å². The van der Waals surface area contributed by atoms with E-state index < -0.39 is 0 Å². The van der Waals surface area contributed by atoms with Gasteiger partial charge in [-0.25, -0.2) is 0 Å². The normalized spacial score (nSPS) is 10.5. The lowest BCUT2D eigenvalue weighted by molar-refractivity contribution is 0.476. The summed E-state index contributed by atoms with van der Waals surface area (Å²) in [6.07, 6.45) is 0. The molecule has 56 valence electrons. The van der Waals surface area contributed by atoms with E-state index in [-0.39, 0.29) is 11.3 Å². The zero-order valence-electron chi connectivity index (χ0n) is 5.59. The van der Waals surface area contributed by atoms with Crippen molar-refractivity contribution < 1.29 is 5.11 Å². The van der Waals surface area contributed by atoms with Crippen molar-refractivity contribution in [3.63, 3.8) is 0 Å². The van der Waals surface area contributed by atoms with Gasteiger partial charge in [0, 0.05) is 6.07 Å². The molecule has 0 unspecified atom stereocenters. The molecule has 0 saturated heterocycles. The number of phenolic OH excluding ortho intramolecular Hbond substituents is 1. The number of hydrogen-bond acceptors (Lipinski definition) is 2. The smallest absolute Gasteiger partial charge is 0.271 e. The first kappa shape index (κ1) is 6.03. The molecule has 2 aromatic rings. The van der Waals surface area contributed by atoms with Gasteiger partial charge < -0.3 is 5.11 Å². The highest BCUT2D eigenvalue weighted by molar-refractivity contribution is 5.78. The molecule has 0 atom stereocenters. The summed E-state index contributed by atoms with van der Waals surface area (Å²) >= 11 is 0. The Labute approximate surface area is 61.5 Å². The average molecular weight is 150 g/mol. The number of rotatable bonds is 0. The maximum absolute atomic E-state index is 10.9. The summed E-state index contributed by atoms with van der Waals surface area (Å²) in [5.41, 5.74) is 0.454. The number of phenols is 1. The fraction of sp³-hybridized carbons (Fsp3) is 0. The Kier molecular flexibility index (Phi) is 1.03. The Bertz CT molecular complexity index is 441. The standard InChI is InChI=1S/C7H6N2O2/c10-4-1-2-5-6(3-4)8-9-7(5)11/h1-3,10H,(H2,8,9,11). The summed E-state index contributed by atoms with van der Waals surface area (Å²) in [7, 11) is 0. The quantitative estimate of drug-likeness (QED) is 0.513. The van der Waals surface area contributed by atoms with E-state index in [0.29, 0.717) is 10.9 Å². The molecule has 0 spiro atoms. The largest absolute Gasteiger partial charge is 0.508 e. The number of hydrogen-bond donors (Lipinski definition) is 3. The van der Waals surface area contributed by atoms with E-state index in [1.54, 1.807) is 6.07 Å². The van der Waals surface area contributed by atoms with Crippen LogP contribution in [-0.4, -0.2) is 15.3 Å². The Morgan fingerprint density at radius 1 is 1.27 bits per heavy atom. The van der Waals surface area contributed by atoms with Crippen LogP contribution in [-0.2, 0) is 0 Å². The van der Waals surface area contributed by atoms with Crippen LogP contribution < -0.4 is 5.56 Å². The minimum absolute atomic E-state index is 0.146. The first-order valence-electron chi connectivity index (χ1n) is 3.17. The predicted octanol–water partition coefficient (Wildman–Crippen LogP) is 0.562. The van der Waals surface area contributed by atoms with Gasteiger partial charge in [-0.15, -0.1) is 0 Å². The summed E-state index contributed by atoms with van der Waals surface area (Å²) in [4.78, 5) is 10.9. The molecule has 1 heterocycles. The molecule has 0 radical (unpaired) electrons. The lowest BCUT2D eigenvalue weighted by Crippen LogP contribution is -1.96. The summed E-state index contributed by atoms with van der Waals surface area (Å²) in [6.45, 7) is 0. The lowest BCUT2D eigenvalue weighted by Gasteiger charge is -1.88. The topological polar surface area (TPSA) is 68.9 Å². The zero-order valence-corrected chi connectivity index (χ0v) is 5.59. The minimum Gasteiger partial charge on any atom is -0.508 e. The Morgan fingerprint density at radius 3 is 2.91 bits per heavy atom. The van der Waals surface area contributed by atoms with Crippen molar-refractivity contribution in [2.24, 2.45) is 0 Å². The van der Waals surface area contributed by atoms with E-state index >= 15 is 0 Å². The third-order valence-electron chi connectivity index (χ3n) is 1.56. The molecule has 4 heteroatoms. The van der Waals surface area contributed by atoms with Crippen molar-refractivity contribution in [2.45, 2.75) is 0 Å². The van der Waals surface area contributed by atoms with E-state index in [0.717, 1.165) is 0 Å². The fourth-order valence-electron chi connectivity index (χ4n) is 1.03. The summed E-state index contributed by atoms with van der Waals surface area (Å²) in [5, 5.41) is 14.6. The molecule has 4 nitrogen and oxygen atoms in total. The fourth-order valence-corrected chi connectivity index (χ4v) is 1.03. The first-order chi connectivity index (χ1) is 5.27. The number of H-pyrrole nitrogens is 2. The SMILES string of the molecule is O=c1[nH][nH]c2cc(O)ccc12. The van der Waals surface area contributed by atoms with Gasteiger partial charge in [-0.2, -0.15) is 0 Å². The average Bonchev–Trinajstić information content (AvgIpc) is 2.32. The van der Waals surface area contributed by atoms with Crippen LogP contribution in [0.25, 0.3) is 10.9 Å². The van der Waals surface area contributed by atoms with Gasteiger partial charge in [0.1, 0.15) is 5.75 Å². The van der Waals surface area contributed by atoms with Gasteiger partial charge in [0.05, 0.1) is 10.9 Å². The number of aromatic hydroxyl groups is 1. The highest BCUT2D eigenvalue weighted by Gasteiger charge is 1.99. The zero-order chi connectivity index (χ0) is 7.84. The Hall–Kier alpha value is -1.71. The summed E-state index contributed by atoms with van der Waals surface area (Å²) < 4.78 is 0. The van der Waals surface area contributed by atoms with Crippen molar-refractivity contribution in [3.8, 4) is 5.75 Å². The molecule has 0 saturated carbocycles. The van der Waals surface area contributed by atoms with Crippen LogP contribution in [0, 0.1) is 0 Å². The van der Waals surface area contributed by atoms with Gasteiger partial charge in [0.25, 0.3) is 5.56 Å². The highest BCUT2D eigenvalue weighted by atomic mass is 16.3. The number of aromatic amines is 2. The van der Waals surface area contributed by atoms with Crippen molar-refractivity contribution in [2.75, 3.05) is 0 Å². The lowest BCUT2D eigenvalue weighted by atomic mass is 10.2. The van der Waals surface area contributed by atoms with Gasteiger partial charge >= 0.3 is 0 Å². The van der Waals surface area contributed by atoms with E-state index in [2.05, 4.69) is 10.2 Å². The molecule has 0 aliphatic rings. The molecule has 0 aliphatic heterocycles. The van der Waals surface area contributed by atoms with E-state index in [9.17, 15) is 4.79 Å². The Balaban J connectivity index is 2.97. The number of aromatic nitrogens is 2. The van der Waals surface area contributed by atoms with Crippen molar-refractivity contribution >= 4 is 10.9 Å². The molecule has 2 rings (SSSR count). The third kappa shape index (κ3) is 0.797. The maximum Gasteiger partial charge on any atom is 0.271 e. The van der Waals surface area contributed by atoms with Crippen molar-refractivity contribution in [3.05, 3.63) is 28.6 Å². The van der Waals surface area contributed by atoms with Crippen LogP contribution in [0.2, 0.25) is 0 Å². The number of benzene rings is 1. The van der Waals surface area contributed by atoms with E-state index in [1.807, 2.05) is 0 Å².